The Morgan fingerprint density at radius 2 is 1.62 bits per heavy atom. The minimum absolute atomic E-state index is 0.0269. The average molecular weight is 595 g/mol. The van der Waals surface area contributed by atoms with Crippen LogP contribution in [0.3, 0.4) is 0 Å². The number of rotatable bonds is 8. The highest BCUT2D eigenvalue weighted by Crippen LogP contribution is 2.41. The van der Waals surface area contributed by atoms with Crippen molar-refractivity contribution in [3.05, 3.63) is 70.1 Å². The third-order valence-corrected chi connectivity index (χ3v) is 9.51. The topological polar surface area (TPSA) is 104 Å². The molecule has 1 N–H and O–H groups in total. The molecule has 1 aliphatic rings. The predicted octanol–water partition coefficient (Wildman–Crippen LogP) is 6.11. The maximum atomic E-state index is 12.9. The Bertz CT molecular complexity index is 1610. The normalized spacial score (nSPS) is 17.5. The Balaban J connectivity index is 1.72. The van der Waals surface area contributed by atoms with Crippen molar-refractivity contribution in [2.24, 2.45) is 12.5 Å². The molecule has 1 fully saturated rings. The van der Waals surface area contributed by atoms with E-state index in [1.54, 1.807) is 38.4 Å². The molecule has 0 spiro atoms. The quantitative estimate of drug-likeness (QED) is 0.338. The number of carbonyl (C=O) groups excluding carboxylic acids is 1. The molecule has 1 amide bonds. The van der Waals surface area contributed by atoms with E-state index in [1.165, 1.54) is 10.6 Å². The summed E-state index contributed by atoms with van der Waals surface area (Å²) in [5.74, 6) is 1.50. The van der Waals surface area contributed by atoms with Gasteiger partial charge in [0.15, 0.2) is 9.84 Å². The van der Waals surface area contributed by atoms with Gasteiger partial charge in [0.25, 0.3) is 5.56 Å². The molecule has 0 atom stereocenters. The van der Waals surface area contributed by atoms with Gasteiger partial charge in [0.1, 0.15) is 17.2 Å². The van der Waals surface area contributed by atoms with Crippen LogP contribution in [0.4, 0.5) is 0 Å². The standard InChI is InChI=1S/C33H42N2O6S/c1-8-42(38,39)25-16-17-28(41-31-21(2)10-9-11-22(31)3)26(18-25)27-20-35(7)30(36)19-29(27)40-24-14-12-23(13-15-24)34-32(37)33(4,5)6/h9-11,16-20,23-24H,8,12-15H2,1-7H3,(H,34,37)/t23-,24-. The van der Waals surface area contributed by atoms with Gasteiger partial charge in [-0.3, -0.25) is 9.59 Å². The summed E-state index contributed by atoms with van der Waals surface area (Å²) in [5, 5.41) is 3.14. The summed E-state index contributed by atoms with van der Waals surface area (Å²) < 4.78 is 40.2. The van der Waals surface area contributed by atoms with Crippen LogP contribution in [0.5, 0.6) is 17.2 Å². The molecule has 0 unspecified atom stereocenters. The third-order valence-electron chi connectivity index (χ3n) is 7.78. The van der Waals surface area contributed by atoms with Gasteiger partial charge in [-0.25, -0.2) is 8.42 Å². The van der Waals surface area contributed by atoms with Crippen molar-refractivity contribution in [3.8, 4) is 28.4 Å². The highest BCUT2D eigenvalue weighted by Gasteiger charge is 2.29. The molecule has 3 aromatic rings. The Kier molecular flexibility index (Phi) is 9.21. The highest BCUT2D eigenvalue weighted by molar-refractivity contribution is 7.91. The van der Waals surface area contributed by atoms with E-state index in [9.17, 15) is 18.0 Å². The average Bonchev–Trinajstić information content (AvgIpc) is 2.93. The first-order valence-electron chi connectivity index (χ1n) is 14.5. The summed E-state index contributed by atoms with van der Waals surface area (Å²) in [6.45, 7) is 11.2. The number of nitrogens with zero attached hydrogens (tertiary/aromatic N) is 1. The number of benzene rings is 2. The number of carbonyl (C=O) groups is 1. The van der Waals surface area contributed by atoms with Crippen LogP contribution in [-0.2, 0) is 21.7 Å². The van der Waals surface area contributed by atoms with E-state index >= 15 is 0 Å². The Morgan fingerprint density at radius 3 is 2.21 bits per heavy atom. The van der Waals surface area contributed by atoms with Crippen LogP contribution in [0.2, 0.25) is 0 Å². The van der Waals surface area contributed by atoms with Crippen LogP contribution < -0.4 is 20.3 Å². The van der Waals surface area contributed by atoms with Crippen LogP contribution in [-0.4, -0.2) is 36.8 Å². The summed E-state index contributed by atoms with van der Waals surface area (Å²) >= 11 is 0. The van der Waals surface area contributed by atoms with Crippen LogP contribution in [0.1, 0.15) is 64.5 Å². The van der Waals surface area contributed by atoms with Crippen LogP contribution in [0.15, 0.2) is 58.4 Å². The maximum absolute atomic E-state index is 12.9. The van der Waals surface area contributed by atoms with Gasteiger partial charge in [-0.1, -0.05) is 45.9 Å². The monoisotopic (exact) mass is 594 g/mol. The number of para-hydroxylation sites is 1. The molecule has 0 radical (unpaired) electrons. The SMILES string of the molecule is CCS(=O)(=O)c1ccc(Oc2c(C)cccc2C)c(-c2cn(C)c(=O)cc2O[C@H]2CC[C@H](NC(=O)C(C)(C)C)CC2)c1. The van der Waals surface area contributed by atoms with E-state index in [2.05, 4.69) is 5.32 Å². The predicted molar refractivity (Wildman–Crippen MR) is 165 cm³/mol. The van der Waals surface area contributed by atoms with E-state index in [0.717, 1.165) is 24.0 Å². The van der Waals surface area contributed by atoms with Crippen molar-refractivity contribution in [2.45, 2.75) is 84.3 Å². The second-order valence-electron chi connectivity index (χ2n) is 12.2. The molecule has 42 heavy (non-hydrogen) atoms. The Morgan fingerprint density at radius 1 is 0.976 bits per heavy atom. The number of hydrogen-bond donors (Lipinski definition) is 1. The first-order chi connectivity index (χ1) is 19.7. The zero-order valence-corrected chi connectivity index (χ0v) is 26.4. The molecule has 2 aromatic carbocycles. The van der Waals surface area contributed by atoms with Crippen molar-refractivity contribution >= 4 is 15.7 Å². The molecule has 9 heteroatoms. The number of pyridine rings is 1. The van der Waals surface area contributed by atoms with Gasteiger partial charge < -0.3 is 19.4 Å². The first kappa shape index (κ1) is 31.3. The van der Waals surface area contributed by atoms with E-state index < -0.39 is 15.3 Å². The van der Waals surface area contributed by atoms with Crippen LogP contribution in [0.25, 0.3) is 11.1 Å². The Hall–Kier alpha value is -3.59. The molecule has 226 valence electrons. The molecule has 4 rings (SSSR count). The lowest BCUT2D eigenvalue weighted by Crippen LogP contribution is -2.44. The van der Waals surface area contributed by atoms with E-state index in [0.29, 0.717) is 41.2 Å². The van der Waals surface area contributed by atoms with Crippen molar-refractivity contribution in [2.75, 3.05) is 5.75 Å². The number of sulfone groups is 1. The summed E-state index contributed by atoms with van der Waals surface area (Å²) in [5.41, 5.74) is 2.27. The van der Waals surface area contributed by atoms with Gasteiger partial charge in [0.05, 0.1) is 16.8 Å². The zero-order chi connectivity index (χ0) is 30.8. The number of amides is 1. The van der Waals surface area contributed by atoms with E-state index in [4.69, 9.17) is 9.47 Å². The number of aromatic nitrogens is 1. The summed E-state index contributed by atoms with van der Waals surface area (Å²) in [4.78, 5) is 25.4. The molecule has 0 aliphatic heterocycles. The lowest BCUT2D eigenvalue weighted by atomic mass is 9.90. The van der Waals surface area contributed by atoms with Crippen molar-refractivity contribution in [1.82, 2.24) is 9.88 Å². The number of ether oxygens (including phenoxy) is 2. The number of nitrogens with one attached hydrogen (secondary N) is 1. The third kappa shape index (κ3) is 7.06. The number of hydrogen-bond acceptors (Lipinski definition) is 6. The smallest absolute Gasteiger partial charge is 0.254 e. The fourth-order valence-electron chi connectivity index (χ4n) is 5.06. The van der Waals surface area contributed by atoms with Crippen molar-refractivity contribution in [1.29, 1.82) is 0 Å². The lowest BCUT2D eigenvalue weighted by molar-refractivity contribution is -0.129. The van der Waals surface area contributed by atoms with Crippen LogP contribution in [0, 0.1) is 19.3 Å². The van der Waals surface area contributed by atoms with E-state index in [1.807, 2.05) is 52.8 Å². The zero-order valence-electron chi connectivity index (χ0n) is 25.6. The first-order valence-corrected chi connectivity index (χ1v) is 16.1. The van der Waals surface area contributed by atoms with Crippen LogP contribution >= 0.6 is 0 Å². The molecule has 0 saturated heterocycles. The molecule has 0 bridgehead atoms. The summed E-state index contributed by atoms with van der Waals surface area (Å²) in [6, 6.07) is 12.2. The molecule has 1 aliphatic carbocycles. The van der Waals surface area contributed by atoms with Gasteiger partial charge in [0.2, 0.25) is 5.91 Å². The van der Waals surface area contributed by atoms with E-state index in [-0.39, 0.29) is 34.3 Å². The largest absolute Gasteiger partial charge is 0.490 e. The molecule has 1 heterocycles. The minimum atomic E-state index is -3.52. The van der Waals surface area contributed by atoms with Gasteiger partial charge in [0, 0.05) is 41.9 Å². The molecular weight excluding hydrogens is 552 g/mol. The molecule has 1 saturated carbocycles. The van der Waals surface area contributed by atoms with Crippen molar-refractivity contribution < 1.29 is 22.7 Å². The summed E-state index contributed by atoms with van der Waals surface area (Å²) in [7, 11) is -1.87. The van der Waals surface area contributed by atoms with Gasteiger partial charge in [-0.15, -0.1) is 0 Å². The fourth-order valence-corrected chi connectivity index (χ4v) is 5.96. The lowest BCUT2D eigenvalue weighted by Gasteiger charge is -2.32. The molecule has 8 nitrogen and oxygen atoms in total. The van der Waals surface area contributed by atoms with Gasteiger partial charge >= 0.3 is 0 Å². The van der Waals surface area contributed by atoms with Gasteiger partial charge in [-0.05, 0) is 68.9 Å². The van der Waals surface area contributed by atoms with Crippen molar-refractivity contribution in [3.63, 3.8) is 0 Å². The fraction of sp³-hybridized carbons (Fsp3) is 0.455. The minimum Gasteiger partial charge on any atom is -0.490 e. The molecular formula is C33H42N2O6S. The highest BCUT2D eigenvalue weighted by atomic mass is 32.2. The second kappa shape index (κ2) is 12.3. The Labute approximate surface area is 249 Å². The summed E-state index contributed by atoms with van der Waals surface area (Å²) in [6.07, 6.45) is 4.45. The molecule has 1 aromatic heterocycles. The second-order valence-corrected chi connectivity index (χ2v) is 14.5. The number of aryl methyl sites for hydroxylation is 3. The maximum Gasteiger partial charge on any atom is 0.254 e. The van der Waals surface area contributed by atoms with Gasteiger partial charge in [-0.2, -0.15) is 0 Å².